The number of benzene rings is 1. The predicted octanol–water partition coefficient (Wildman–Crippen LogP) is -0.271. The van der Waals surface area contributed by atoms with Gasteiger partial charge >= 0.3 is 0 Å². The first kappa shape index (κ1) is 13.9. The Balaban J connectivity index is 2.09. The van der Waals surface area contributed by atoms with Crippen LogP contribution in [0.25, 0.3) is 0 Å². The van der Waals surface area contributed by atoms with Crippen LogP contribution in [-0.2, 0) is 4.79 Å². The molecule has 1 aromatic rings. The largest absolute Gasteiger partial charge is 0.409 e. The molecule has 2 amide bonds. The minimum atomic E-state index is -0.373. The van der Waals surface area contributed by atoms with Gasteiger partial charge in [-0.3, -0.25) is 9.59 Å². The highest BCUT2D eigenvalue weighted by Crippen LogP contribution is 2.18. The number of nitrogens with two attached hydrogens (primary N) is 2. The van der Waals surface area contributed by atoms with Crippen molar-refractivity contribution in [1.29, 1.82) is 0 Å². The average Bonchev–Trinajstić information content (AvgIpc) is 2.96. The molecule has 0 aromatic heterocycles. The highest BCUT2D eigenvalue weighted by atomic mass is 16.4. The lowest BCUT2D eigenvalue weighted by molar-refractivity contribution is -0.121. The maximum atomic E-state index is 12.2. The van der Waals surface area contributed by atoms with Crippen molar-refractivity contribution in [3.63, 3.8) is 0 Å². The maximum Gasteiger partial charge on any atom is 0.253 e. The quantitative estimate of drug-likeness (QED) is 0.304. The molecule has 7 heteroatoms. The fourth-order valence-electron chi connectivity index (χ4n) is 2.20. The van der Waals surface area contributed by atoms with Gasteiger partial charge in [-0.2, -0.15) is 0 Å². The molecule has 0 radical (unpaired) electrons. The van der Waals surface area contributed by atoms with E-state index in [9.17, 15) is 9.59 Å². The molecule has 0 spiro atoms. The summed E-state index contributed by atoms with van der Waals surface area (Å²) in [5, 5.41) is 11.5. The van der Waals surface area contributed by atoms with Gasteiger partial charge in [0.2, 0.25) is 5.91 Å². The zero-order chi connectivity index (χ0) is 14.7. The van der Waals surface area contributed by atoms with Crippen molar-refractivity contribution in [3.8, 4) is 0 Å². The van der Waals surface area contributed by atoms with Gasteiger partial charge in [0.05, 0.1) is 5.92 Å². The van der Waals surface area contributed by atoms with Gasteiger partial charge in [-0.05, 0) is 18.6 Å². The molecule has 1 aliphatic rings. The molecule has 2 rings (SSSR count). The summed E-state index contributed by atoms with van der Waals surface area (Å²) < 4.78 is 0. The number of oxime groups is 1. The maximum absolute atomic E-state index is 12.2. The van der Waals surface area contributed by atoms with E-state index in [0.717, 1.165) is 0 Å². The second-order valence-corrected chi connectivity index (χ2v) is 4.70. The first-order valence-electron chi connectivity index (χ1n) is 6.19. The molecule has 1 aliphatic heterocycles. The Morgan fingerprint density at radius 3 is 2.30 bits per heavy atom. The third-order valence-electron chi connectivity index (χ3n) is 3.41. The summed E-state index contributed by atoms with van der Waals surface area (Å²) in [6.07, 6.45) is 0.600. The van der Waals surface area contributed by atoms with E-state index in [4.69, 9.17) is 16.7 Å². The Kier molecular flexibility index (Phi) is 3.88. The second kappa shape index (κ2) is 5.60. The average molecular weight is 276 g/mol. The second-order valence-electron chi connectivity index (χ2n) is 4.70. The van der Waals surface area contributed by atoms with Crippen LogP contribution in [0.4, 0.5) is 0 Å². The van der Waals surface area contributed by atoms with E-state index >= 15 is 0 Å². The molecular formula is C13H16N4O3. The van der Waals surface area contributed by atoms with Gasteiger partial charge in [0, 0.05) is 24.2 Å². The molecule has 0 aliphatic carbocycles. The Hall–Kier alpha value is -2.57. The zero-order valence-corrected chi connectivity index (χ0v) is 10.8. The van der Waals surface area contributed by atoms with Crippen LogP contribution in [0.15, 0.2) is 29.4 Å². The van der Waals surface area contributed by atoms with Gasteiger partial charge in [0.1, 0.15) is 0 Å². The lowest BCUT2D eigenvalue weighted by atomic mass is 10.1. The molecule has 1 heterocycles. The van der Waals surface area contributed by atoms with Crippen molar-refractivity contribution >= 4 is 17.6 Å². The first-order chi connectivity index (χ1) is 9.52. The number of nitrogens with zero attached hydrogens (tertiary/aromatic N) is 2. The Bertz CT molecular complexity index is 553. The number of primary amides is 1. The number of hydrogen-bond acceptors (Lipinski definition) is 4. The van der Waals surface area contributed by atoms with E-state index < -0.39 is 0 Å². The molecule has 1 aromatic carbocycles. The summed E-state index contributed by atoms with van der Waals surface area (Å²) in [5.74, 6) is -0.809. The molecule has 5 N–H and O–H groups in total. The highest BCUT2D eigenvalue weighted by Gasteiger charge is 2.30. The first-order valence-corrected chi connectivity index (χ1v) is 6.19. The van der Waals surface area contributed by atoms with E-state index in [0.29, 0.717) is 30.6 Å². The number of carbonyl (C=O) groups excluding carboxylic acids is 2. The van der Waals surface area contributed by atoms with Crippen LogP contribution in [0.3, 0.4) is 0 Å². The van der Waals surface area contributed by atoms with E-state index in [1.807, 2.05) is 0 Å². The van der Waals surface area contributed by atoms with Crippen LogP contribution in [0.1, 0.15) is 22.3 Å². The van der Waals surface area contributed by atoms with Crippen molar-refractivity contribution in [2.45, 2.75) is 6.42 Å². The van der Waals surface area contributed by atoms with Crippen LogP contribution in [0, 0.1) is 5.92 Å². The summed E-state index contributed by atoms with van der Waals surface area (Å²) in [7, 11) is 0. The molecule has 1 saturated heterocycles. The summed E-state index contributed by atoms with van der Waals surface area (Å²) in [4.78, 5) is 24.9. The molecule has 1 unspecified atom stereocenters. The molecule has 1 atom stereocenters. The number of amides is 2. The molecule has 0 saturated carbocycles. The van der Waals surface area contributed by atoms with E-state index in [2.05, 4.69) is 5.16 Å². The number of rotatable bonds is 3. The smallest absolute Gasteiger partial charge is 0.253 e. The molecule has 1 fully saturated rings. The summed E-state index contributed by atoms with van der Waals surface area (Å²) in [6.45, 7) is 0.880. The number of likely N-dealkylation sites (tertiary alicyclic amines) is 1. The summed E-state index contributed by atoms with van der Waals surface area (Å²) in [5.41, 5.74) is 11.7. The number of carbonyl (C=O) groups is 2. The van der Waals surface area contributed by atoms with Crippen molar-refractivity contribution < 1.29 is 14.8 Å². The van der Waals surface area contributed by atoms with Crippen LogP contribution in [-0.4, -0.2) is 40.8 Å². The van der Waals surface area contributed by atoms with Crippen molar-refractivity contribution in [2.75, 3.05) is 13.1 Å². The van der Waals surface area contributed by atoms with Gasteiger partial charge in [0.25, 0.3) is 5.91 Å². The van der Waals surface area contributed by atoms with Crippen molar-refractivity contribution in [1.82, 2.24) is 4.90 Å². The third-order valence-corrected chi connectivity index (χ3v) is 3.41. The third kappa shape index (κ3) is 2.71. The van der Waals surface area contributed by atoms with E-state index in [1.165, 1.54) is 0 Å². The zero-order valence-electron chi connectivity index (χ0n) is 10.8. The molecule has 7 nitrogen and oxygen atoms in total. The Morgan fingerprint density at radius 2 is 1.80 bits per heavy atom. The molecule has 106 valence electrons. The van der Waals surface area contributed by atoms with Crippen molar-refractivity contribution in [3.05, 3.63) is 35.4 Å². The van der Waals surface area contributed by atoms with Crippen molar-refractivity contribution in [2.24, 2.45) is 22.5 Å². The van der Waals surface area contributed by atoms with E-state index in [1.54, 1.807) is 29.2 Å². The molecule has 20 heavy (non-hydrogen) atoms. The molecule has 0 bridgehead atoms. The van der Waals surface area contributed by atoms with Gasteiger partial charge in [-0.15, -0.1) is 0 Å². The van der Waals surface area contributed by atoms with Crippen LogP contribution < -0.4 is 11.5 Å². The van der Waals surface area contributed by atoms with Crippen LogP contribution in [0.5, 0.6) is 0 Å². The number of amidine groups is 1. The minimum absolute atomic E-state index is 0.0148. The topological polar surface area (TPSA) is 122 Å². The minimum Gasteiger partial charge on any atom is -0.409 e. The van der Waals surface area contributed by atoms with Crippen LogP contribution >= 0.6 is 0 Å². The van der Waals surface area contributed by atoms with Crippen LogP contribution in [0.2, 0.25) is 0 Å². The lowest BCUT2D eigenvalue weighted by Gasteiger charge is -2.16. The SMILES string of the molecule is NC(=O)C1CCN(C(=O)c2ccc(/C(N)=N/O)cc2)C1. The molecular weight excluding hydrogens is 260 g/mol. The monoisotopic (exact) mass is 276 g/mol. The fourth-order valence-corrected chi connectivity index (χ4v) is 2.20. The summed E-state index contributed by atoms with van der Waals surface area (Å²) >= 11 is 0. The Labute approximate surface area is 115 Å². The van der Waals surface area contributed by atoms with Gasteiger partial charge in [0.15, 0.2) is 5.84 Å². The fraction of sp³-hybridized carbons (Fsp3) is 0.308. The van der Waals surface area contributed by atoms with Gasteiger partial charge in [-0.1, -0.05) is 17.3 Å². The van der Waals surface area contributed by atoms with E-state index in [-0.39, 0.29) is 23.6 Å². The standard InChI is InChI=1S/C13H16N4O3/c14-11(16-20)8-1-3-9(4-2-8)13(19)17-6-5-10(7-17)12(15)18/h1-4,10,20H,5-7H2,(H2,14,16)(H2,15,18). The normalized spacial score (nSPS) is 19.1. The van der Waals surface area contributed by atoms with Gasteiger partial charge in [-0.25, -0.2) is 0 Å². The Morgan fingerprint density at radius 1 is 1.20 bits per heavy atom. The van der Waals surface area contributed by atoms with Gasteiger partial charge < -0.3 is 21.6 Å². The lowest BCUT2D eigenvalue weighted by Crippen LogP contribution is -2.31. The summed E-state index contributed by atoms with van der Waals surface area (Å²) in [6, 6.07) is 6.41. The number of hydrogen-bond donors (Lipinski definition) is 3. The highest BCUT2D eigenvalue weighted by molar-refractivity contribution is 5.99. The predicted molar refractivity (Wildman–Crippen MR) is 72.2 cm³/mol.